The number of carboxylic acid groups (broad SMARTS) is 1. The van der Waals surface area contributed by atoms with E-state index in [1.165, 1.54) is 0 Å². The van der Waals surface area contributed by atoms with Crippen LogP contribution >= 0.6 is 11.6 Å². The van der Waals surface area contributed by atoms with Crippen LogP contribution in [-0.2, 0) is 4.74 Å². The number of pyridine rings is 1. The number of nitrogens with zero attached hydrogens (tertiary/aromatic N) is 2. The quantitative estimate of drug-likeness (QED) is 0.887. The highest BCUT2D eigenvalue weighted by atomic mass is 35.5. The number of fused-ring (bicyclic) bond motifs is 1. The highest BCUT2D eigenvalue weighted by Crippen LogP contribution is 2.33. The number of halogens is 1. The van der Waals surface area contributed by atoms with Crippen molar-refractivity contribution in [2.24, 2.45) is 0 Å². The fourth-order valence-corrected chi connectivity index (χ4v) is 3.25. The maximum atomic E-state index is 11.1. The molecule has 0 aliphatic carbocycles. The van der Waals surface area contributed by atoms with Gasteiger partial charge in [0.2, 0.25) is 0 Å². The molecule has 1 aromatic carbocycles. The van der Waals surface area contributed by atoms with E-state index in [4.69, 9.17) is 26.4 Å². The van der Waals surface area contributed by atoms with Crippen LogP contribution in [0.15, 0.2) is 24.3 Å². The van der Waals surface area contributed by atoms with Gasteiger partial charge in [0.15, 0.2) is 0 Å². The molecule has 2 unspecified atom stereocenters. The van der Waals surface area contributed by atoms with Crippen LogP contribution in [0.25, 0.3) is 10.9 Å². The third-order valence-corrected chi connectivity index (χ3v) is 4.56. The number of ether oxygens (including phenoxy) is 1. The van der Waals surface area contributed by atoms with E-state index in [0.717, 1.165) is 22.3 Å². The minimum atomic E-state index is -1.06. The number of hydrogen-bond acceptors (Lipinski definition) is 4. The summed E-state index contributed by atoms with van der Waals surface area (Å²) in [5, 5.41) is 13.1. The van der Waals surface area contributed by atoms with E-state index in [2.05, 4.69) is 17.1 Å². The van der Waals surface area contributed by atoms with E-state index >= 15 is 0 Å². The smallest absolute Gasteiger partial charge is 0.405 e. The summed E-state index contributed by atoms with van der Waals surface area (Å²) in [5.74, 6) is 0.757. The van der Waals surface area contributed by atoms with Crippen molar-refractivity contribution in [2.75, 3.05) is 24.7 Å². The zero-order valence-electron chi connectivity index (χ0n) is 13.6. The number of amides is 1. The molecule has 3 rings (SSSR count). The van der Waals surface area contributed by atoms with Crippen LogP contribution < -0.4 is 10.2 Å². The van der Waals surface area contributed by atoms with E-state index in [1.807, 2.05) is 31.2 Å². The Morgan fingerprint density at radius 3 is 3.04 bits per heavy atom. The van der Waals surface area contributed by atoms with Gasteiger partial charge in [-0.25, -0.2) is 9.78 Å². The number of para-hydroxylation sites is 1. The molecule has 6 nitrogen and oxygen atoms in total. The standard InChI is InChI=1S/C17H20ClN3O3/c1-10-9-24-7-6-21(10)16-13(11(2)19-17(22)23)8-12-4-3-5-14(18)15(12)20-16/h3-5,8,10-11,19H,6-7,9H2,1-2H3,(H,22,23). The van der Waals surface area contributed by atoms with Gasteiger partial charge in [0.05, 0.1) is 35.8 Å². The molecule has 0 spiro atoms. The van der Waals surface area contributed by atoms with Crippen LogP contribution in [-0.4, -0.2) is 42.0 Å². The molecule has 2 N–H and O–H groups in total. The van der Waals surface area contributed by atoms with Gasteiger partial charge in [0.25, 0.3) is 0 Å². The van der Waals surface area contributed by atoms with Crippen molar-refractivity contribution in [3.05, 3.63) is 34.9 Å². The zero-order chi connectivity index (χ0) is 17.3. The highest BCUT2D eigenvalue weighted by molar-refractivity contribution is 6.35. The molecule has 2 aromatic rings. The van der Waals surface area contributed by atoms with Crippen molar-refractivity contribution in [3.8, 4) is 0 Å². The Morgan fingerprint density at radius 2 is 2.33 bits per heavy atom. The minimum absolute atomic E-state index is 0.155. The van der Waals surface area contributed by atoms with Gasteiger partial charge in [-0.2, -0.15) is 0 Å². The fourth-order valence-electron chi connectivity index (χ4n) is 3.02. The molecule has 1 amide bonds. The first-order chi connectivity index (χ1) is 11.5. The summed E-state index contributed by atoms with van der Waals surface area (Å²) in [6.07, 6.45) is -1.06. The van der Waals surface area contributed by atoms with E-state index in [0.29, 0.717) is 24.8 Å². The number of carbonyl (C=O) groups is 1. The highest BCUT2D eigenvalue weighted by Gasteiger charge is 2.26. The summed E-state index contributed by atoms with van der Waals surface area (Å²) in [5.41, 5.74) is 1.56. The largest absolute Gasteiger partial charge is 0.465 e. The Balaban J connectivity index is 2.15. The van der Waals surface area contributed by atoms with Crippen molar-refractivity contribution in [1.29, 1.82) is 0 Å². The van der Waals surface area contributed by atoms with Gasteiger partial charge in [-0.15, -0.1) is 0 Å². The third kappa shape index (κ3) is 3.25. The van der Waals surface area contributed by atoms with Crippen molar-refractivity contribution >= 4 is 34.4 Å². The van der Waals surface area contributed by atoms with Crippen LogP contribution in [0.3, 0.4) is 0 Å². The lowest BCUT2D eigenvalue weighted by Gasteiger charge is -2.36. The van der Waals surface area contributed by atoms with E-state index in [9.17, 15) is 4.79 Å². The number of hydrogen-bond donors (Lipinski definition) is 2. The average molecular weight is 350 g/mol. The number of morpholine rings is 1. The van der Waals surface area contributed by atoms with E-state index in [-0.39, 0.29) is 12.1 Å². The number of aromatic nitrogens is 1. The third-order valence-electron chi connectivity index (χ3n) is 4.25. The summed E-state index contributed by atoms with van der Waals surface area (Å²) < 4.78 is 5.50. The second kappa shape index (κ2) is 6.83. The van der Waals surface area contributed by atoms with E-state index in [1.54, 1.807) is 0 Å². The number of anilines is 1. The summed E-state index contributed by atoms with van der Waals surface area (Å²) in [7, 11) is 0. The second-order valence-corrected chi connectivity index (χ2v) is 6.41. The first kappa shape index (κ1) is 16.8. The monoisotopic (exact) mass is 349 g/mol. The normalized spacial score (nSPS) is 19.3. The molecule has 24 heavy (non-hydrogen) atoms. The Morgan fingerprint density at radius 1 is 1.54 bits per heavy atom. The minimum Gasteiger partial charge on any atom is -0.465 e. The first-order valence-corrected chi connectivity index (χ1v) is 8.28. The van der Waals surface area contributed by atoms with Crippen LogP contribution in [0.2, 0.25) is 5.02 Å². The van der Waals surface area contributed by atoms with Crippen molar-refractivity contribution < 1.29 is 14.6 Å². The molecule has 2 heterocycles. The Kier molecular flexibility index (Phi) is 4.78. The number of benzene rings is 1. The van der Waals surface area contributed by atoms with Gasteiger partial charge in [-0.1, -0.05) is 23.7 Å². The van der Waals surface area contributed by atoms with Crippen molar-refractivity contribution in [3.63, 3.8) is 0 Å². The lowest BCUT2D eigenvalue weighted by molar-refractivity contribution is 0.0984. The van der Waals surface area contributed by atoms with Gasteiger partial charge in [-0.05, 0) is 26.0 Å². The maximum absolute atomic E-state index is 11.1. The fraction of sp³-hybridized carbons (Fsp3) is 0.412. The van der Waals surface area contributed by atoms with Gasteiger partial charge in [0.1, 0.15) is 5.82 Å². The summed E-state index contributed by atoms with van der Waals surface area (Å²) >= 11 is 6.31. The molecule has 1 aromatic heterocycles. The molecular formula is C17H20ClN3O3. The van der Waals surface area contributed by atoms with Crippen LogP contribution in [0.4, 0.5) is 10.6 Å². The molecule has 1 saturated heterocycles. The number of nitrogens with one attached hydrogen (secondary N) is 1. The molecule has 0 radical (unpaired) electrons. The Labute approximate surface area is 145 Å². The Bertz CT molecular complexity index is 768. The molecule has 1 aliphatic heterocycles. The number of rotatable bonds is 3. The predicted octanol–water partition coefficient (Wildman–Crippen LogP) is 3.44. The molecule has 0 bridgehead atoms. The molecule has 1 fully saturated rings. The van der Waals surface area contributed by atoms with Gasteiger partial charge >= 0.3 is 6.09 Å². The molecular weight excluding hydrogens is 330 g/mol. The Hall–Kier alpha value is -2.05. The van der Waals surface area contributed by atoms with E-state index < -0.39 is 6.09 Å². The zero-order valence-corrected chi connectivity index (χ0v) is 14.4. The molecule has 2 atom stereocenters. The van der Waals surface area contributed by atoms with Gasteiger partial charge in [0, 0.05) is 17.5 Å². The van der Waals surface area contributed by atoms with Crippen LogP contribution in [0.1, 0.15) is 25.5 Å². The SMILES string of the molecule is CC(NC(=O)O)c1cc2cccc(Cl)c2nc1N1CCOCC1C. The van der Waals surface area contributed by atoms with Crippen LogP contribution in [0, 0.1) is 0 Å². The van der Waals surface area contributed by atoms with Gasteiger partial charge < -0.3 is 20.1 Å². The summed E-state index contributed by atoms with van der Waals surface area (Å²) in [6.45, 7) is 5.82. The summed E-state index contributed by atoms with van der Waals surface area (Å²) in [4.78, 5) is 18.0. The van der Waals surface area contributed by atoms with Crippen molar-refractivity contribution in [2.45, 2.75) is 25.9 Å². The van der Waals surface area contributed by atoms with Crippen LogP contribution in [0.5, 0.6) is 0 Å². The lowest BCUT2D eigenvalue weighted by Crippen LogP contribution is -2.45. The predicted molar refractivity (Wildman–Crippen MR) is 94.0 cm³/mol. The first-order valence-electron chi connectivity index (χ1n) is 7.90. The lowest BCUT2D eigenvalue weighted by atomic mass is 10.0. The van der Waals surface area contributed by atoms with Crippen molar-refractivity contribution in [1.82, 2.24) is 10.3 Å². The molecule has 1 aliphatic rings. The average Bonchev–Trinajstić information content (AvgIpc) is 2.54. The molecule has 0 saturated carbocycles. The van der Waals surface area contributed by atoms with Gasteiger partial charge in [-0.3, -0.25) is 0 Å². The molecule has 7 heteroatoms. The topological polar surface area (TPSA) is 74.7 Å². The second-order valence-electron chi connectivity index (χ2n) is 6.00. The maximum Gasteiger partial charge on any atom is 0.405 e. The summed E-state index contributed by atoms with van der Waals surface area (Å²) in [6, 6.07) is 7.33. The molecule has 128 valence electrons.